The minimum absolute atomic E-state index is 0.0341. The molecule has 1 aliphatic carbocycles. The lowest BCUT2D eigenvalue weighted by molar-refractivity contribution is -0.151. The fraction of sp³-hybridized carbons (Fsp3) is 0.846. The van der Waals surface area contributed by atoms with Gasteiger partial charge in [0, 0.05) is 6.04 Å². The first kappa shape index (κ1) is 12.4. The molecule has 0 atom stereocenters. The summed E-state index contributed by atoms with van der Waals surface area (Å²) in [7, 11) is 0. The van der Waals surface area contributed by atoms with Gasteiger partial charge in [0.1, 0.15) is 5.54 Å². The number of nitrogens with zero attached hydrogens (tertiary/aromatic N) is 1. The van der Waals surface area contributed by atoms with Crippen LogP contribution in [0.2, 0.25) is 0 Å². The van der Waals surface area contributed by atoms with Gasteiger partial charge in [0.05, 0.1) is 6.54 Å². The molecule has 1 N–H and O–H groups in total. The van der Waals surface area contributed by atoms with Crippen molar-refractivity contribution in [3.8, 4) is 0 Å². The van der Waals surface area contributed by atoms with Gasteiger partial charge >= 0.3 is 0 Å². The van der Waals surface area contributed by atoms with Gasteiger partial charge in [-0.1, -0.05) is 6.92 Å². The second kappa shape index (κ2) is 4.31. The minimum atomic E-state index is -0.738. The second-order valence-electron chi connectivity index (χ2n) is 6.02. The number of amides is 2. The maximum absolute atomic E-state index is 12.3. The van der Waals surface area contributed by atoms with E-state index in [1.54, 1.807) is 18.7 Å². The molecule has 2 fully saturated rings. The van der Waals surface area contributed by atoms with Crippen LogP contribution in [0, 0.1) is 5.92 Å². The van der Waals surface area contributed by atoms with Crippen LogP contribution in [0.1, 0.15) is 46.5 Å². The van der Waals surface area contributed by atoms with Crippen molar-refractivity contribution in [3.63, 3.8) is 0 Å². The lowest BCUT2D eigenvalue weighted by Gasteiger charge is -2.43. The van der Waals surface area contributed by atoms with Crippen molar-refractivity contribution in [3.05, 3.63) is 0 Å². The molecule has 0 bridgehead atoms. The molecule has 1 saturated heterocycles. The maximum Gasteiger partial charge on any atom is 0.248 e. The van der Waals surface area contributed by atoms with E-state index in [9.17, 15) is 9.59 Å². The molecule has 2 aliphatic rings. The molecule has 2 rings (SSSR count). The molecule has 0 unspecified atom stereocenters. The maximum atomic E-state index is 12.3. The molecule has 2 amide bonds. The molecule has 1 saturated carbocycles. The molecule has 1 aliphatic heterocycles. The Labute approximate surface area is 103 Å². The summed E-state index contributed by atoms with van der Waals surface area (Å²) in [5.74, 6) is 0.790. The Morgan fingerprint density at radius 2 is 1.76 bits per heavy atom. The zero-order valence-corrected chi connectivity index (χ0v) is 11.0. The summed E-state index contributed by atoms with van der Waals surface area (Å²) in [6.07, 6.45) is 4.40. The van der Waals surface area contributed by atoms with Gasteiger partial charge in [-0.3, -0.25) is 9.59 Å². The van der Waals surface area contributed by atoms with Crippen LogP contribution in [0.3, 0.4) is 0 Å². The molecule has 96 valence electrons. The third-order valence-electron chi connectivity index (χ3n) is 3.99. The summed E-state index contributed by atoms with van der Waals surface area (Å²) in [6.45, 7) is 6.06. The number of carbonyl (C=O) groups is 2. The molecule has 0 aromatic heterocycles. The molecule has 17 heavy (non-hydrogen) atoms. The molecular weight excluding hydrogens is 216 g/mol. The van der Waals surface area contributed by atoms with Crippen molar-refractivity contribution in [2.45, 2.75) is 58.0 Å². The van der Waals surface area contributed by atoms with E-state index in [0.29, 0.717) is 0 Å². The molecule has 0 spiro atoms. The normalized spacial score (nSPS) is 33.5. The third kappa shape index (κ3) is 2.45. The van der Waals surface area contributed by atoms with E-state index in [0.717, 1.165) is 31.6 Å². The number of nitrogens with one attached hydrogen (secondary N) is 1. The first-order chi connectivity index (χ1) is 7.90. The topological polar surface area (TPSA) is 49.4 Å². The molecule has 4 nitrogen and oxygen atoms in total. The van der Waals surface area contributed by atoms with Crippen LogP contribution in [0.4, 0.5) is 0 Å². The molecule has 0 radical (unpaired) electrons. The second-order valence-corrected chi connectivity index (χ2v) is 6.02. The quantitative estimate of drug-likeness (QED) is 0.748. The van der Waals surface area contributed by atoms with Gasteiger partial charge in [-0.15, -0.1) is 0 Å². The predicted molar refractivity (Wildman–Crippen MR) is 65.4 cm³/mol. The number of piperazine rings is 1. The Balaban J connectivity index is 2.09. The minimum Gasteiger partial charge on any atom is -0.341 e. The molecule has 1 heterocycles. The summed E-state index contributed by atoms with van der Waals surface area (Å²) in [5, 5.41) is 2.75. The van der Waals surface area contributed by atoms with Crippen LogP contribution in [0.5, 0.6) is 0 Å². The van der Waals surface area contributed by atoms with Gasteiger partial charge in [-0.2, -0.15) is 0 Å². The fourth-order valence-corrected chi connectivity index (χ4v) is 2.88. The van der Waals surface area contributed by atoms with Crippen LogP contribution in [0.15, 0.2) is 0 Å². The summed E-state index contributed by atoms with van der Waals surface area (Å²) in [5.41, 5.74) is -0.738. The summed E-state index contributed by atoms with van der Waals surface area (Å²) >= 11 is 0. The van der Waals surface area contributed by atoms with Crippen LogP contribution in [0.25, 0.3) is 0 Å². The molecular formula is C13H22N2O2. The van der Waals surface area contributed by atoms with Crippen LogP contribution >= 0.6 is 0 Å². The van der Waals surface area contributed by atoms with E-state index >= 15 is 0 Å². The Kier molecular flexibility index (Phi) is 3.15. The van der Waals surface area contributed by atoms with E-state index in [1.165, 1.54) is 0 Å². The van der Waals surface area contributed by atoms with Crippen LogP contribution in [-0.2, 0) is 9.59 Å². The van der Waals surface area contributed by atoms with Gasteiger partial charge in [0.15, 0.2) is 0 Å². The van der Waals surface area contributed by atoms with E-state index in [-0.39, 0.29) is 24.4 Å². The highest BCUT2D eigenvalue weighted by Crippen LogP contribution is 2.29. The van der Waals surface area contributed by atoms with Crippen molar-refractivity contribution < 1.29 is 9.59 Å². The third-order valence-corrected chi connectivity index (χ3v) is 3.99. The highest BCUT2D eigenvalue weighted by Gasteiger charge is 2.42. The Morgan fingerprint density at radius 3 is 2.35 bits per heavy atom. The van der Waals surface area contributed by atoms with E-state index in [4.69, 9.17) is 0 Å². The highest BCUT2D eigenvalue weighted by molar-refractivity contribution is 5.97. The SMILES string of the molecule is CC1CCC(N2CC(=O)NC(C)(C)C2=O)CC1. The number of rotatable bonds is 1. The monoisotopic (exact) mass is 238 g/mol. The number of hydrogen-bond acceptors (Lipinski definition) is 2. The summed E-state index contributed by atoms with van der Waals surface area (Å²) in [4.78, 5) is 25.7. The Hall–Kier alpha value is -1.06. The van der Waals surface area contributed by atoms with Gasteiger partial charge in [-0.25, -0.2) is 0 Å². The average Bonchev–Trinajstić information content (AvgIpc) is 2.24. The summed E-state index contributed by atoms with van der Waals surface area (Å²) in [6, 6.07) is 0.268. The first-order valence-electron chi connectivity index (χ1n) is 6.52. The lowest BCUT2D eigenvalue weighted by Crippen LogP contribution is -2.66. The largest absolute Gasteiger partial charge is 0.341 e. The van der Waals surface area contributed by atoms with E-state index in [1.807, 2.05) is 0 Å². The van der Waals surface area contributed by atoms with Crippen molar-refractivity contribution in [1.29, 1.82) is 0 Å². The lowest BCUT2D eigenvalue weighted by atomic mass is 9.85. The number of carbonyl (C=O) groups excluding carboxylic acids is 2. The van der Waals surface area contributed by atoms with Crippen molar-refractivity contribution in [2.75, 3.05) is 6.54 Å². The van der Waals surface area contributed by atoms with E-state index in [2.05, 4.69) is 12.2 Å². The van der Waals surface area contributed by atoms with Gasteiger partial charge in [-0.05, 0) is 45.4 Å². The molecule has 4 heteroatoms. The van der Waals surface area contributed by atoms with Crippen molar-refractivity contribution >= 4 is 11.8 Å². The van der Waals surface area contributed by atoms with Gasteiger partial charge in [0.2, 0.25) is 11.8 Å². The molecule has 0 aromatic carbocycles. The van der Waals surface area contributed by atoms with Gasteiger partial charge < -0.3 is 10.2 Å². The average molecular weight is 238 g/mol. The fourth-order valence-electron chi connectivity index (χ4n) is 2.88. The zero-order chi connectivity index (χ0) is 12.6. The summed E-state index contributed by atoms with van der Waals surface area (Å²) < 4.78 is 0. The highest BCUT2D eigenvalue weighted by atomic mass is 16.2. The van der Waals surface area contributed by atoms with Crippen molar-refractivity contribution in [1.82, 2.24) is 10.2 Å². The molecule has 0 aromatic rings. The van der Waals surface area contributed by atoms with Crippen molar-refractivity contribution in [2.24, 2.45) is 5.92 Å². The number of hydrogen-bond donors (Lipinski definition) is 1. The Morgan fingerprint density at radius 1 is 1.18 bits per heavy atom. The Bertz CT molecular complexity index is 330. The van der Waals surface area contributed by atoms with E-state index < -0.39 is 5.54 Å². The standard InChI is InChI=1S/C13H22N2O2/c1-9-4-6-10(7-5-9)15-8-11(16)14-13(2,3)12(15)17/h9-10H,4-8H2,1-3H3,(H,14,16). The predicted octanol–water partition coefficient (Wildman–Crippen LogP) is 1.30. The van der Waals surface area contributed by atoms with Crippen LogP contribution < -0.4 is 5.32 Å². The zero-order valence-electron chi connectivity index (χ0n) is 11.0. The first-order valence-corrected chi connectivity index (χ1v) is 6.52. The smallest absolute Gasteiger partial charge is 0.248 e. The van der Waals surface area contributed by atoms with Gasteiger partial charge in [0.25, 0.3) is 0 Å². The van der Waals surface area contributed by atoms with Crippen LogP contribution in [-0.4, -0.2) is 34.8 Å².